The van der Waals surface area contributed by atoms with Crippen molar-refractivity contribution in [2.45, 2.75) is 45.3 Å². The number of hydrogen-bond donors (Lipinski definition) is 1. The summed E-state index contributed by atoms with van der Waals surface area (Å²) in [5.74, 6) is 1.50. The van der Waals surface area contributed by atoms with Gasteiger partial charge in [-0.05, 0) is 19.4 Å². The van der Waals surface area contributed by atoms with Gasteiger partial charge < -0.3 is 14.8 Å². The Balaban J connectivity index is 2.06. The standard InChI is InChI=1S/C16H27N3O2/c1-12(2)18-10-13-6-5-9-19(13)11-14-16(21-4)15(20-3)7-8-17-14/h7-8,12-13,18H,5-6,9-11H2,1-4H3. The van der Waals surface area contributed by atoms with Gasteiger partial charge in [0.05, 0.1) is 14.2 Å². The van der Waals surface area contributed by atoms with Crippen molar-refractivity contribution in [2.24, 2.45) is 0 Å². The monoisotopic (exact) mass is 293 g/mol. The highest BCUT2D eigenvalue weighted by Gasteiger charge is 2.26. The van der Waals surface area contributed by atoms with Crippen molar-refractivity contribution in [2.75, 3.05) is 27.3 Å². The molecule has 1 N–H and O–H groups in total. The predicted molar refractivity (Wildman–Crippen MR) is 83.9 cm³/mol. The summed E-state index contributed by atoms with van der Waals surface area (Å²) >= 11 is 0. The second-order valence-electron chi connectivity index (χ2n) is 5.82. The van der Waals surface area contributed by atoms with Gasteiger partial charge in [-0.15, -0.1) is 0 Å². The molecule has 1 aliphatic rings. The van der Waals surface area contributed by atoms with E-state index >= 15 is 0 Å². The third-order valence-corrected chi connectivity index (χ3v) is 3.98. The van der Waals surface area contributed by atoms with Crippen LogP contribution < -0.4 is 14.8 Å². The van der Waals surface area contributed by atoms with E-state index < -0.39 is 0 Å². The van der Waals surface area contributed by atoms with Gasteiger partial charge >= 0.3 is 0 Å². The maximum Gasteiger partial charge on any atom is 0.183 e. The molecule has 0 aliphatic carbocycles. The zero-order valence-electron chi connectivity index (χ0n) is 13.6. The summed E-state index contributed by atoms with van der Waals surface area (Å²) in [5, 5.41) is 3.54. The van der Waals surface area contributed by atoms with Crippen molar-refractivity contribution in [1.29, 1.82) is 0 Å². The Morgan fingerprint density at radius 1 is 1.38 bits per heavy atom. The van der Waals surface area contributed by atoms with Gasteiger partial charge in [0, 0.05) is 37.4 Å². The number of rotatable bonds is 7. The number of ether oxygens (including phenoxy) is 2. The van der Waals surface area contributed by atoms with Crippen molar-refractivity contribution in [3.05, 3.63) is 18.0 Å². The molecule has 1 atom stereocenters. The van der Waals surface area contributed by atoms with Crippen molar-refractivity contribution >= 4 is 0 Å². The van der Waals surface area contributed by atoms with E-state index in [1.165, 1.54) is 12.8 Å². The molecule has 21 heavy (non-hydrogen) atoms. The molecule has 1 unspecified atom stereocenters. The molecule has 5 nitrogen and oxygen atoms in total. The number of methoxy groups -OCH3 is 2. The molecule has 0 amide bonds. The molecule has 2 rings (SSSR count). The van der Waals surface area contributed by atoms with E-state index in [2.05, 4.69) is 29.0 Å². The molecule has 5 heteroatoms. The Kier molecular flexibility index (Phi) is 5.82. The average Bonchev–Trinajstić information content (AvgIpc) is 2.92. The first-order chi connectivity index (χ1) is 10.2. The van der Waals surface area contributed by atoms with Crippen LogP contribution in [0.25, 0.3) is 0 Å². The number of likely N-dealkylation sites (tertiary alicyclic amines) is 1. The minimum absolute atomic E-state index is 0.525. The summed E-state index contributed by atoms with van der Waals surface area (Å²) in [5.41, 5.74) is 0.952. The van der Waals surface area contributed by atoms with E-state index in [1.54, 1.807) is 20.4 Å². The van der Waals surface area contributed by atoms with Crippen LogP contribution in [0.5, 0.6) is 11.5 Å². The Morgan fingerprint density at radius 2 is 2.19 bits per heavy atom. The summed E-state index contributed by atoms with van der Waals surface area (Å²) in [6.45, 7) is 7.33. The smallest absolute Gasteiger partial charge is 0.183 e. The first kappa shape index (κ1) is 16.0. The zero-order chi connectivity index (χ0) is 15.2. The summed E-state index contributed by atoms with van der Waals surface area (Å²) in [6.07, 6.45) is 4.27. The largest absolute Gasteiger partial charge is 0.493 e. The third-order valence-electron chi connectivity index (χ3n) is 3.98. The quantitative estimate of drug-likeness (QED) is 0.834. The lowest BCUT2D eigenvalue weighted by Crippen LogP contribution is -2.40. The second kappa shape index (κ2) is 7.61. The van der Waals surface area contributed by atoms with Gasteiger partial charge in [0.25, 0.3) is 0 Å². The van der Waals surface area contributed by atoms with Gasteiger partial charge in [0.1, 0.15) is 5.69 Å². The fourth-order valence-corrected chi connectivity index (χ4v) is 2.86. The van der Waals surface area contributed by atoms with Crippen LogP contribution in [-0.2, 0) is 6.54 Å². The van der Waals surface area contributed by atoms with Crippen LogP contribution in [0.2, 0.25) is 0 Å². The Morgan fingerprint density at radius 3 is 2.86 bits per heavy atom. The molecule has 118 valence electrons. The Hall–Kier alpha value is -1.33. The maximum absolute atomic E-state index is 5.48. The Bertz CT molecular complexity index is 451. The van der Waals surface area contributed by atoms with Crippen LogP contribution in [0.15, 0.2) is 12.3 Å². The number of nitrogens with zero attached hydrogens (tertiary/aromatic N) is 2. The molecule has 1 saturated heterocycles. The van der Waals surface area contributed by atoms with E-state index in [1.807, 2.05) is 6.07 Å². The van der Waals surface area contributed by atoms with Gasteiger partial charge in [-0.3, -0.25) is 9.88 Å². The van der Waals surface area contributed by atoms with Crippen LogP contribution >= 0.6 is 0 Å². The number of aromatic nitrogens is 1. The normalized spacial score (nSPS) is 19.2. The lowest BCUT2D eigenvalue weighted by Gasteiger charge is -2.26. The van der Waals surface area contributed by atoms with Crippen LogP contribution in [-0.4, -0.2) is 49.3 Å². The van der Waals surface area contributed by atoms with Gasteiger partial charge in [0.2, 0.25) is 0 Å². The molecule has 1 fully saturated rings. The van der Waals surface area contributed by atoms with Crippen LogP contribution in [0.4, 0.5) is 0 Å². The van der Waals surface area contributed by atoms with Crippen LogP contribution in [0.3, 0.4) is 0 Å². The highest BCUT2D eigenvalue weighted by atomic mass is 16.5. The summed E-state index contributed by atoms with van der Waals surface area (Å²) in [4.78, 5) is 6.97. The molecular weight excluding hydrogens is 266 g/mol. The van der Waals surface area contributed by atoms with E-state index in [-0.39, 0.29) is 0 Å². The fourth-order valence-electron chi connectivity index (χ4n) is 2.86. The van der Waals surface area contributed by atoms with Gasteiger partial charge in [-0.25, -0.2) is 0 Å². The van der Waals surface area contributed by atoms with E-state index in [4.69, 9.17) is 9.47 Å². The number of pyridine rings is 1. The van der Waals surface area contributed by atoms with Crippen molar-refractivity contribution < 1.29 is 9.47 Å². The predicted octanol–water partition coefficient (Wildman–Crippen LogP) is 2.06. The summed E-state index contributed by atoms with van der Waals surface area (Å²) in [7, 11) is 3.33. The molecule has 0 spiro atoms. The SMILES string of the molecule is COc1ccnc(CN2CCCC2CNC(C)C)c1OC. The molecule has 1 aromatic heterocycles. The van der Waals surface area contributed by atoms with E-state index in [9.17, 15) is 0 Å². The molecular formula is C16H27N3O2. The minimum Gasteiger partial charge on any atom is -0.493 e. The second-order valence-corrected chi connectivity index (χ2v) is 5.82. The highest BCUT2D eigenvalue weighted by Crippen LogP contribution is 2.31. The lowest BCUT2D eigenvalue weighted by molar-refractivity contribution is 0.228. The molecule has 1 aliphatic heterocycles. The number of nitrogens with one attached hydrogen (secondary N) is 1. The molecule has 0 aromatic carbocycles. The maximum atomic E-state index is 5.48. The van der Waals surface area contributed by atoms with E-state index in [0.29, 0.717) is 12.1 Å². The van der Waals surface area contributed by atoms with E-state index in [0.717, 1.165) is 36.8 Å². The van der Waals surface area contributed by atoms with Gasteiger partial charge in [-0.2, -0.15) is 0 Å². The third kappa shape index (κ3) is 4.08. The van der Waals surface area contributed by atoms with Crippen LogP contribution in [0.1, 0.15) is 32.4 Å². The van der Waals surface area contributed by atoms with Crippen molar-refractivity contribution in [3.63, 3.8) is 0 Å². The molecule has 0 bridgehead atoms. The van der Waals surface area contributed by atoms with Gasteiger partial charge in [-0.1, -0.05) is 13.8 Å². The first-order valence-corrected chi connectivity index (χ1v) is 7.69. The summed E-state index contributed by atoms with van der Waals surface area (Å²) < 4.78 is 10.8. The topological polar surface area (TPSA) is 46.6 Å². The summed E-state index contributed by atoms with van der Waals surface area (Å²) in [6, 6.07) is 2.94. The molecule has 0 saturated carbocycles. The molecule has 2 heterocycles. The van der Waals surface area contributed by atoms with Crippen LogP contribution in [0, 0.1) is 0 Å². The zero-order valence-corrected chi connectivity index (χ0v) is 13.6. The van der Waals surface area contributed by atoms with Crippen molar-refractivity contribution in [3.8, 4) is 11.5 Å². The molecule has 1 aromatic rings. The number of hydrogen-bond acceptors (Lipinski definition) is 5. The molecule has 0 radical (unpaired) electrons. The van der Waals surface area contributed by atoms with Gasteiger partial charge in [0.15, 0.2) is 11.5 Å². The fraction of sp³-hybridized carbons (Fsp3) is 0.688. The minimum atomic E-state index is 0.525. The highest BCUT2D eigenvalue weighted by molar-refractivity contribution is 5.42. The Labute approximate surface area is 127 Å². The van der Waals surface area contributed by atoms with Crippen molar-refractivity contribution in [1.82, 2.24) is 15.2 Å². The average molecular weight is 293 g/mol. The lowest BCUT2D eigenvalue weighted by atomic mass is 10.2. The first-order valence-electron chi connectivity index (χ1n) is 7.69.